The van der Waals surface area contributed by atoms with Gasteiger partial charge in [0.2, 0.25) is 0 Å². The van der Waals surface area contributed by atoms with Crippen molar-refractivity contribution in [1.29, 1.82) is 0 Å². The molecule has 0 bridgehead atoms. The van der Waals surface area contributed by atoms with Gasteiger partial charge in [0.05, 0.1) is 33.1 Å². The fraction of sp³-hybridized carbons (Fsp3) is 0. The second-order valence-electron chi connectivity index (χ2n) is 15.2. The van der Waals surface area contributed by atoms with Crippen LogP contribution in [0.5, 0.6) is 0 Å². The fourth-order valence-corrected chi connectivity index (χ4v) is 14.7. The summed E-state index contributed by atoms with van der Waals surface area (Å²) in [6, 6.07) is 80.1. The van der Waals surface area contributed by atoms with Gasteiger partial charge in [0, 0.05) is 32.6 Å². The SMILES string of the molecule is c1ccc([Si](c2ccccc2)(c2ccccc2)c2cccc(-n3c4ccccc4c4cc(-n5c6ccccc6c6ccccc65)c5oc6ccccc6c5c43)c2)cc1. The molecular weight excluding hydrogens is 721 g/mol. The lowest BCUT2D eigenvalue weighted by atomic mass is 10.1. The molecule has 0 aliphatic heterocycles. The summed E-state index contributed by atoms with van der Waals surface area (Å²) in [5.74, 6) is 0. The summed E-state index contributed by atoms with van der Waals surface area (Å²) in [4.78, 5) is 0. The van der Waals surface area contributed by atoms with Gasteiger partial charge in [-0.25, -0.2) is 0 Å². The smallest absolute Gasteiger partial charge is 0.179 e. The Morgan fingerprint density at radius 3 is 1.36 bits per heavy atom. The number of fused-ring (bicyclic) bond motifs is 10. The third-order valence-electron chi connectivity index (χ3n) is 12.2. The van der Waals surface area contributed by atoms with Gasteiger partial charge in [-0.1, -0.05) is 176 Å². The summed E-state index contributed by atoms with van der Waals surface area (Å²) in [6.45, 7) is 0. The molecule has 12 aromatic rings. The molecule has 3 nitrogen and oxygen atoms in total. The first-order valence-electron chi connectivity index (χ1n) is 19.9. The van der Waals surface area contributed by atoms with E-state index in [2.05, 4.69) is 228 Å². The minimum absolute atomic E-state index is 0.876. The summed E-state index contributed by atoms with van der Waals surface area (Å²) < 4.78 is 11.9. The van der Waals surface area contributed by atoms with E-state index in [-0.39, 0.29) is 0 Å². The molecule has 0 aliphatic rings. The minimum Gasteiger partial charge on any atom is -0.454 e. The van der Waals surface area contributed by atoms with Crippen molar-refractivity contribution < 1.29 is 4.42 Å². The second-order valence-corrected chi connectivity index (χ2v) is 19.0. The van der Waals surface area contributed by atoms with Crippen molar-refractivity contribution in [3.63, 3.8) is 0 Å². The molecule has 0 radical (unpaired) electrons. The Balaban J connectivity index is 1.22. The average molecular weight is 757 g/mol. The largest absolute Gasteiger partial charge is 0.454 e. The van der Waals surface area contributed by atoms with Gasteiger partial charge in [-0.3, -0.25) is 0 Å². The molecule has 0 saturated carbocycles. The number of hydrogen-bond acceptors (Lipinski definition) is 1. The number of benzene rings is 9. The zero-order valence-corrected chi connectivity index (χ0v) is 32.6. The van der Waals surface area contributed by atoms with E-state index in [4.69, 9.17) is 4.42 Å². The summed E-state index contributed by atoms with van der Waals surface area (Å²) in [7, 11) is -2.80. The lowest BCUT2D eigenvalue weighted by Gasteiger charge is -2.34. The first-order valence-corrected chi connectivity index (χ1v) is 21.9. The van der Waals surface area contributed by atoms with Crippen molar-refractivity contribution in [2.75, 3.05) is 0 Å². The maximum atomic E-state index is 7.02. The lowest BCUT2D eigenvalue weighted by molar-refractivity contribution is 0.666. The molecule has 58 heavy (non-hydrogen) atoms. The summed E-state index contributed by atoms with van der Waals surface area (Å²) in [5, 5.41) is 12.5. The third kappa shape index (κ3) is 4.61. The summed E-state index contributed by atoms with van der Waals surface area (Å²) in [6.07, 6.45) is 0. The standard InChI is InChI=1S/C54H36N2OSi/c1-4-20-38(21-5-1)58(39-22-6-2-7-23-39,40-24-8-3-9-25-40)41-26-18-19-37(35-41)55-47-31-14-12-29-44(47)46-36-50(54-52(53(46)55)45-30-13-17-34-51(45)57-54)56-48-32-15-10-27-42(48)43-28-11-16-33-49(43)56/h1-36H. The molecule has 0 aliphatic carbocycles. The van der Waals surface area contributed by atoms with E-state index >= 15 is 0 Å². The number of furan rings is 1. The number of hydrogen-bond donors (Lipinski definition) is 0. The van der Waals surface area contributed by atoms with Crippen LogP contribution in [0.4, 0.5) is 0 Å². The van der Waals surface area contributed by atoms with Crippen LogP contribution in [0.2, 0.25) is 0 Å². The monoisotopic (exact) mass is 756 g/mol. The third-order valence-corrected chi connectivity index (χ3v) is 17.0. The molecule has 0 unspecified atom stereocenters. The highest BCUT2D eigenvalue weighted by molar-refractivity contribution is 7.19. The first-order chi connectivity index (χ1) is 28.8. The normalized spacial score (nSPS) is 12.1. The highest BCUT2D eigenvalue weighted by atomic mass is 28.3. The lowest BCUT2D eigenvalue weighted by Crippen LogP contribution is -2.74. The molecule has 12 rings (SSSR count). The highest BCUT2D eigenvalue weighted by Crippen LogP contribution is 2.45. The number of nitrogens with zero attached hydrogens (tertiary/aromatic N) is 2. The Morgan fingerprint density at radius 1 is 0.345 bits per heavy atom. The van der Waals surface area contributed by atoms with Crippen molar-refractivity contribution in [3.05, 3.63) is 218 Å². The van der Waals surface area contributed by atoms with Gasteiger partial charge in [0.25, 0.3) is 0 Å². The highest BCUT2D eigenvalue weighted by Gasteiger charge is 2.41. The number of rotatable bonds is 6. The fourth-order valence-electron chi connectivity index (χ4n) is 9.88. The molecule has 3 heterocycles. The molecule has 0 saturated heterocycles. The topological polar surface area (TPSA) is 23.0 Å². The minimum atomic E-state index is -2.80. The van der Waals surface area contributed by atoms with Crippen molar-refractivity contribution in [1.82, 2.24) is 9.13 Å². The molecule has 0 spiro atoms. The van der Waals surface area contributed by atoms with Gasteiger partial charge in [-0.2, -0.15) is 0 Å². The van der Waals surface area contributed by atoms with Crippen LogP contribution < -0.4 is 20.7 Å². The Bertz CT molecular complexity index is 3360. The van der Waals surface area contributed by atoms with Crippen LogP contribution in [-0.4, -0.2) is 17.2 Å². The van der Waals surface area contributed by atoms with Crippen LogP contribution in [0, 0.1) is 0 Å². The van der Waals surface area contributed by atoms with Gasteiger partial charge < -0.3 is 13.6 Å². The predicted molar refractivity (Wildman–Crippen MR) is 246 cm³/mol. The van der Waals surface area contributed by atoms with Crippen LogP contribution in [0.1, 0.15) is 0 Å². The van der Waals surface area contributed by atoms with Crippen molar-refractivity contribution >= 4 is 94.4 Å². The molecule has 4 heteroatoms. The van der Waals surface area contributed by atoms with Gasteiger partial charge in [-0.15, -0.1) is 0 Å². The van der Waals surface area contributed by atoms with E-state index in [0.717, 1.165) is 55.4 Å². The average Bonchev–Trinajstić information content (AvgIpc) is 3.96. The van der Waals surface area contributed by atoms with Crippen LogP contribution >= 0.6 is 0 Å². The Kier molecular flexibility index (Phi) is 7.25. The van der Waals surface area contributed by atoms with Gasteiger partial charge in [0.1, 0.15) is 5.58 Å². The zero-order chi connectivity index (χ0) is 38.2. The van der Waals surface area contributed by atoms with Gasteiger partial charge in [-0.05, 0) is 63.2 Å². The van der Waals surface area contributed by atoms with Gasteiger partial charge >= 0.3 is 0 Å². The molecule has 0 N–H and O–H groups in total. The van der Waals surface area contributed by atoms with E-state index in [1.54, 1.807) is 0 Å². The van der Waals surface area contributed by atoms with Crippen molar-refractivity contribution in [3.8, 4) is 11.4 Å². The Labute approximate surface area is 336 Å². The van der Waals surface area contributed by atoms with Crippen LogP contribution in [0.25, 0.3) is 76.9 Å². The van der Waals surface area contributed by atoms with E-state index in [9.17, 15) is 0 Å². The number of aromatic nitrogens is 2. The van der Waals surface area contributed by atoms with Gasteiger partial charge in [0.15, 0.2) is 13.7 Å². The van der Waals surface area contributed by atoms with Crippen molar-refractivity contribution in [2.24, 2.45) is 0 Å². The summed E-state index contributed by atoms with van der Waals surface area (Å²) in [5.41, 5.74) is 8.54. The Hall–Kier alpha value is -7.40. The Morgan fingerprint density at radius 2 is 0.793 bits per heavy atom. The molecule has 0 fully saturated rings. The summed E-state index contributed by atoms with van der Waals surface area (Å²) >= 11 is 0. The first kappa shape index (κ1) is 32.8. The predicted octanol–water partition coefficient (Wildman–Crippen LogP) is 11.2. The molecule has 0 amide bonds. The van der Waals surface area contributed by atoms with Crippen LogP contribution in [0.15, 0.2) is 223 Å². The van der Waals surface area contributed by atoms with E-state index in [1.807, 2.05) is 0 Å². The van der Waals surface area contributed by atoms with Crippen molar-refractivity contribution in [2.45, 2.75) is 0 Å². The maximum absolute atomic E-state index is 7.02. The quantitative estimate of drug-likeness (QED) is 0.122. The van der Waals surface area contributed by atoms with E-state index < -0.39 is 8.07 Å². The molecule has 3 aromatic heterocycles. The molecule has 9 aromatic carbocycles. The van der Waals surface area contributed by atoms with E-state index in [0.29, 0.717) is 0 Å². The maximum Gasteiger partial charge on any atom is 0.179 e. The zero-order valence-electron chi connectivity index (χ0n) is 31.6. The molecule has 272 valence electrons. The van der Waals surface area contributed by atoms with E-state index in [1.165, 1.54) is 42.3 Å². The van der Waals surface area contributed by atoms with Crippen LogP contribution in [-0.2, 0) is 0 Å². The van der Waals surface area contributed by atoms with Crippen LogP contribution in [0.3, 0.4) is 0 Å². The molecule has 0 atom stereocenters. The number of para-hydroxylation sites is 4. The second kappa shape index (κ2) is 12.8. The molecular formula is C54H36N2OSi.